The second-order valence-corrected chi connectivity index (χ2v) is 5.50. The average Bonchev–Trinajstić information content (AvgIpc) is 2.77. The summed E-state index contributed by atoms with van der Waals surface area (Å²) in [5.41, 5.74) is 0.913. The molecule has 0 aromatic carbocycles. The van der Waals surface area contributed by atoms with Gasteiger partial charge in [0.05, 0.1) is 6.20 Å². The van der Waals surface area contributed by atoms with E-state index in [9.17, 15) is 0 Å². The zero-order chi connectivity index (χ0) is 13.8. The molecule has 3 rings (SSSR count). The summed E-state index contributed by atoms with van der Waals surface area (Å²) >= 11 is 0. The van der Waals surface area contributed by atoms with Crippen molar-refractivity contribution in [1.29, 1.82) is 0 Å². The van der Waals surface area contributed by atoms with Gasteiger partial charge < -0.3 is 15.0 Å². The Hall–Kier alpha value is -1.78. The van der Waals surface area contributed by atoms with Gasteiger partial charge in [-0.25, -0.2) is 9.97 Å². The number of nitrogens with zero attached hydrogens (tertiary/aromatic N) is 3. The lowest BCUT2D eigenvalue weighted by Crippen LogP contribution is -2.20. The molecule has 1 aliphatic rings. The van der Waals surface area contributed by atoms with Crippen molar-refractivity contribution < 1.29 is 0 Å². The normalized spacial score (nSPS) is 17.1. The van der Waals surface area contributed by atoms with Crippen LogP contribution >= 0.6 is 0 Å². The lowest BCUT2D eigenvalue weighted by molar-refractivity contribution is 0.618. The molecule has 2 heterocycles. The van der Waals surface area contributed by atoms with E-state index < -0.39 is 0 Å². The molecule has 1 aliphatic carbocycles. The van der Waals surface area contributed by atoms with Gasteiger partial charge in [0.25, 0.3) is 0 Å². The largest absolute Gasteiger partial charge is 0.369 e. The molecule has 108 valence electrons. The Kier molecular flexibility index (Phi) is 4.04. The lowest BCUT2D eigenvalue weighted by Gasteiger charge is -2.18. The first kappa shape index (κ1) is 13.2. The summed E-state index contributed by atoms with van der Waals surface area (Å²) in [6.07, 6.45) is 13.6. The number of rotatable bonds is 4. The first-order chi connectivity index (χ1) is 9.86. The zero-order valence-corrected chi connectivity index (χ0v) is 12.1. The molecule has 0 spiro atoms. The molecule has 1 fully saturated rings. The Morgan fingerprint density at radius 2 is 2.05 bits per heavy atom. The van der Waals surface area contributed by atoms with E-state index >= 15 is 0 Å². The van der Waals surface area contributed by atoms with Gasteiger partial charge in [0.15, 0.2) is 11.5 Å². The van der Waals surface area contributed by atoms with Crippen LogP contribution in [0, 0.1) is 0 Å². The van der Waals surface area contributed by atoms with Crippen LogP contribution in [0.5, 0.6) is 0 Å². The number of fused-ring (bicyclic) bond motifs is 1. The summed E-state index contributed by atoms with van der Waals surface area (Å²) in [4.78, 5) is 9.10. The van der Waals surface area contributed by atoms with Gasteiger partial charge in [0.1, 0.15) is 5.82 Å². The standard InChI is InChI=1S/C15H23N5/c1-2-16-13-11-20-10-9-17-15(20)14(19-13)18-12-7-5-3-4-6-8-12/h9-12,16H,2-8H2,1H3,(H,18,19). The summed E-state index contributed by atoms with van der Waals surface area (Å²) in [6, 6.07) is 0.530. The van der Waals surface area contributed by atoms with Gasteiger partial charge in [-0.05, 0) is 19.8 Å². The van der Waals surface area contributed by atoms with E-state index in [4.69, 9.17) is 0 Å². The lowest BCUT2D eigenvalue weighted by atomic mass is 10.1. The van der Waals surface area contributed by atoms with E-state index in [-0.39, 0.29) is 0 Å². The van der Waals surface area contributed by atoms with Crippen LogP contribution < -0.4 is 10.6 Å². The van der Waals surface area contributed by atoms with E-state index in [2.05, 4.69) is 27.5 Å². The van der Waals surface area contributed by atoms with Gasteiger partial charge in [-0.15, -0.1) is 0 Å². The van der Waals surface area contributed by atoms with Crippen LogP contribution in [0.4, 0.5) is 11.6 Å². The van der Waals surface area contributed by atoms with Crippen molar-refractivity contribution in [2.24, 2.45) is 0 Å². The zero-order valence-electron chi connectivity index (χ0n) is 12.1. The smallest absolute Gasteiger partial charge is 0.180 e. The highest BCUT2D eigenvalue weighted by Crippen LogP contribution is 2.23. The van der Waals surface area contributed by atoms with Crippen molar-refractivity contribution in [2.45, 2.75) is 51.5 Å². The summed E-state index contributed by atoms with van der Waals surface area (Å²) in [5.74, 6) is 1.80. The van der Waals surface area contributed by atoms with E-state index in [0.29, 0.717) is 6.04 Å². The summed E-state index contributed by atoms with van der Waals surface area (Å²) in [6.45, 7) is 2.95. The van der Waals surface area contributed by atoms with Crippen molar-refractivity contribution >= 4 is 17.3 Å². The maximum absolute atomic E-state index is 4.68. The molecule has 2 aromatic rings. The molecule has 1 saturated carbocycles. The maximum atomic E-state index is 4.68. The van der Waals surface area contributed by atoms with E-state index in [1.54, 1.807) is 0 Å². The number of aromatic nitrogens is 3. The third-order valence-corrected chi connectivity index (χ3v) is 3.93. The fraction of sp³-hybridized carbons (Fsp3) is 0.600. The minimum Gasteiger partial charge on any atom is -0.369 e. The second kappa shape index (κ2) is 6.11. The summed E-state index contributed by atoms with van der Waals surface area (Å²) in [7, 11) is 0. The predicted molar refractivity (Wildman–Crippen MR) is 82.3 cm³/mol. The molecular weight excluding hydrogens is 250 g/mol. The van der Waals surface area contributed by atoms with Gasteiger partial charge >= 0.3 is 0 Å². The number of anilines is 2. The second-order valence-electron chi connectivity index (χ2n) is 5.50. The molecule has 0 aliphatic heterocycles. The van der Waals surface area contributed by atoms with Gasteiger partial charge in [-0.1, -0.05) is 25.7 Å². The Morgan fingerprint density at radius 1 is 1.25 bits per heavy atom. The third-order valence-electron chi connectivity index (χ3n) is 3.93. The minimum absolute atomic E-state index is 0.530. The molecule has 0 unspecified atom stereocenters. The highest BCUT2D eigenvalue weighted by Gasteiger charge is 2.15. The topological polar surface area (TPSA) is 54.2 Å². The number of hydrogen-bond donors (Lipinski definition) is 2. The van der Waals surface area contributed by atoms with Gasteiger partial charge in [0, 0.05) is 25.0 Å². The summed E-state index contributed by atoms with van der Waals surface area (Å²) in [5, 5.41) is 6.89. The molecule has 0 amide bonds. The molecule has 0 saturated heterocycles. The number of imidazole rings is 1. The van der Waals surface area contributed by atoms with Crippen LogP contribution in [-0.2, 0) is 0 Å². The van der Waals surface area contributed by atoms with Gasteiger partial charge in [-0.2, -0.15) is 0 Å². The van der Waals surface area contributed by atoms with Crippen LogP contribution in [-0.4, -0.2) is 27.0 Å². The van der Waals surface area contributed by atoms with Crippen molar-refractivity contribution in [3.8, 4) is 0 Å². The third kappa shape index (κ3) is 2.86. The SMILES string of the molecule is CCNc1cn2ccnc2c(NC2CCCCCC2)n1. The Balaban J connectivity index is 1.86. The fourth-order valence-electron chi connectivity index (χ4n) is 2.91. The average molecular weight is 273 g/mol. The Morgan fingerprint density at radius 3 is 2.80 bits per heavy atom. The summed E-state index contributed by atoms with van der Waals surface area (Å²) < 4.78 is 2.03. The van der Waals surface area contributed by atoms with Crippen LogP contribution in [0.3, 0.4) is 0 Å². The van der Waals surface area contributed by atoms with E-state index in [1.807, 2.05) is 23.0 Å². The van der Waals surface area contributed by atoms with E-state index in [0.717, 1.165) is 23.8 Å². The quantitative estimate of drug-likeness (QED) is 0.839. The minimum atomic E-state index is 0.530. The van der Waals surface area contributed by atoms with Crippen molar-refractivity contribution in [1.82, 2.24) is 14.4 Å². The van der Waals surface area contributed by atoms with Crippen LogP contribution in [0.1, 0.15) is 45.4 Å². The predicted octanol–water partition coefficient (Wildman–Crippen LogP) is 3.30. The highest BCUT2D eigenvalue weighted by molar-refractivity contribution is 5.65. The first-order valence-corrected chi connectivity index (χ1v) is 7.71. The first-order valence-electron chi connectivity index (χ1n) is 7.71. The van der Waals surface area contributed by atoms with Crippen LogP contribution in [0.15, 0.2) is 18.6 Å². The molecule has 5 heteroatoms. The number of nitrogens with one attached hydrogen (secondary N) is 2. The van der Waals surface area contributed by atoms with Gasteiger partial charge in [0.2, 0.25) is 0 Å². The van der Waals surface area contributed by atoms with Crippen molar-refractivity contribution in [3.63, 3.8) is 0 Å². The highest BCUT2D eigenvalue weighted by atomic mass is 15.1. The monoisotopic (exact) mass is 273 g/mol. The Labute approximate surface area is 119 Å². The van der Waals surface area contributed by atoms with E-state index in [1.165, 1.54) is 38.5 Å². The molecule has 0 bridgehead atoms. The molecule has 2 N–H and O–H groups in total. The molecule has 5 nitrogen and oxygen atoms in total. The molecular formula is C15H23N5. The van der Waals surface area contributed by atoms with Crippen LogP contribution in [0.25, 0.3) is 5.65 Å². The Bertz CT molecular complexity index is 554. The van der Waals surface area contributed by atoms with Gasteiger partial charge in [-0.3, -0.25) is 0 Å². The number of hydrogen-bond acceptors (Lipinski definition) is 4. The van der Waals surface area contributed by atoms with Crippen molar-refractivity contribution in [2.75, 3.05) is 17.2 Å². The van der Waals surface area contributed by atoms with Crippen molar-refractivity contribution in [3.05, 3.63) is 18.6 Å². The van der Waals surface area contributed by atoms with Crippen LogP contribution in [0.2, 0.25) is 0 Å². The molecule has 20 heavy (non-hydrogen) atoms. The molecule has 2 aromatic heterocycles. The molecule has 0 radical (unpaired) electrons. The fourth-order valence-corrected chi connectivity index (χ4v) is 2.91. The molecule has 0 atom stereocenters. The maximum Gasteiger partial charge on any atom is 0.180 e.